The summed E-state index contributed by atoms with van der Waals surface area (Å²) in [5.41, 5.74) is 1.03. The number of hydrogen-bond acceptors (Lipinski definition) is 3. The molecular formula is C12H19N3OS. The molecule has 2 rings (SSSR count). The quantitative estimate of drug-likeness (QED) is 0.835. The number of hydrogen-bond donors (Lipinski definition) is 1. The Hall–Kier alpha value is -0.970. The maximum absolute atomic E-state index is 11.9. The zero-order chi connectivity index (χ0) is 12.6. The van der Waals surface area contributed by atoms with Gasteiger partial charge >= 0.3 is 0 Å². The zero-order valence-corrected chi connectivity index (χ0v) is 11.4. The van der Waals surface area contributed by atoms with E-state index in [9.17, 15) is 4.79 Å². The van der Waals surface area contributed by atoms with Gasteiger partial charge in [-0.2, -0.15) is 17.7 Å². The van der Waals surface area contributed by atoms with Crippen LogP contribution in [0.25, 0.3) is 0 Å². The van der Waals surface area contributed by atoms with Crippen LogP contribution >= 0.6 is 12.6 Å². The van der Waals surface area contributed by atoms with Crippen LogP contribution in [0.4, 0.5) is 5.82 Å². The third-order valence-corrected chi connectivity index (χ3v) is 3.72. The molecule has 5 heteroatoms. The Bertz CT molecular complexity index is 427. The SMILES string of the molecule is CC(C)c1cc(N2CC(CS)CC2=O)n(C)n1. The van der Waals surface area contributed by atoms with Gasteiger partial charge in [-0.05, 0) is 17.6 Å². The van der Waals surface area contributed by atoms with Gasteiger partial charge in [-0.25, -0.2) is 0 Å². The minimum absolute atomic E-state index is 0.183. The molecule has 94 valence electrons. The number of rotatable bonds is 3. The minimum atomic E-state index is 0.183. The highest BCUT2D eigenvalue weighted by atomic mass is 32.1. The number of anilines is 1. The Labute approximate surface area is 107 Å². The number of carbonyl (C=O) groups is 1. The fourth-order valence-corrected chi connectivity index (χ4v) is 2.38. The highest BCUT2D eigenvalue weighted by Gasteiger charge is 2.31. The predicted octanol–water partition coefficient (Wildman–Crippen LogP) is 1.83. The lowest BCUT2D eigenvalue weighted by Crippen LogP contribution is -2.26. The fraction of sp³-hybridized carbons (Fsp3) is 0.667. The van der Waals surface area contributed by atoms with Crippen LogP contribution in [0, 0.1) is 5.92 Å². The van der Waals surface area contributed by atoms with Crippen LogP contribution in [0.3, 0.4) is 0 Å². The second-order valence-electron chi connectivity index (χ2n) is 4.96. The minimum Gasteiger partial charge on any atom is -0.297 e. The Morgan fingerprint density at radius 2 is 2.29 bits per heavy atom. The van der Waals surface area contributed by atoms with Gasteiger partial charge in [0.2, 0.25) is 5.91 Å². The van der Waals surface area contributed by atoms with E-state index in [1.807, 2.05) is 18.0 Å². The van der Waals surface area contributed by atoms with Gasteiger partial charge in [0.25, 0.3) is 0 Å². The maximum atomic E-state index is 11.9. The van der Waals surface area contributed by atoms with Gasteiger partial charge in [0.05, 0.1) is 5.69 Å². The molecule has 0 spiro atoms. The molecule has 1 aliphatic heterocycles. The van der Waals surface area contributed by atoms with Crippen molar-refractivity contribution in [3.05, 3.63) is 11.8 Å². The van der Waals surface area contributed by atoms with Gasteiger partial charge in [-0.3, -0.25) is 14.4 Å². The molecule has 0 radical (unpaired) electrons. The summed E-state index contributed by atoms with van der Waals surface area (Å²) in [7, 11) is 1.89. The molecule has 1 aliphatic rings. The molecule has 1 aromatic heterocycles. The molecule has 0 aromatic carbocycles. The number of aryl methyl sites for hydroxylation is 1. The highest BCUT2D eigenvalue weighted by Crippen LogP contribution is 2.27. The molecule has 0 aliphatic carbocycles. The van der Waals surface area contributed by atoms with E-state index in [4.69, 9.17) is 0 Å². The Morgan fingerprint density at radius 3 is 2.76 bits per heavy atom. The molecule has 1 amide bonds. The van der Waals surface area contributed by atoms with E-state index in [2.05, 4.69) is 31.6 Å². The fourth-order valence-electron chi connectivity index (χ4n) is 2.14. The lowest BCUT2D eigenvalue weighted by atomic mass is 10.1. The maximum Gasteiger partial charge on any atom is 0.228 e. The van der Waals surface area contributed by atoms with E-state index in [-0.39, 0.29) is 5.91 Å². The second-order valence-corrected chi connectivity index (χ2v) is 5.33. The van der Waals surface area contributed by atoms with E-state index in [0.29, 0.717) is 18.3 Å². The number of aromatic nitrogens is 2. The third-order valence-electron chi connectivity index (χ3n) is 3.21. The highest BCUT2D eigenvalue weighted by molar-refractivity contribution is 7.80. The van der Waals surface area contributed by atoms with E-state index in [1.165, 1.54) is 0 Å². The standard InChI is InChI=1S/C12H19N3OS/c1-8(2)10-5-11(14(3)13-10)15-6-9(7-17)4-12(15)16/h5,8-9,17H,4,6-7H2,1-3H3. The van der Waals surface area contributed by atoms with Crippen molar-refractivity contribution < 1.29 is 4.79 Å². The number of amides is 1. The Morgan fingerprint density at radius 1 is 1.59 bits per heavy atom. The molecule has 0 saturated carbocycles. The zero-order valence-electron chi connectivity index (χ0n) is 10.6. The molecule has 1 fully saturated rings. The number of thiol groups is 1. The molecule has 1 aromatic rings. The van der Waals surface area contributed by atoms with Crippen LogP contribution < -0.4 is 4.90 Å². The van der Waals surface area contributed by atoms with Crippen molar-refractivity contribution in [1.29, 1.82) is 0 Å². The molecule has 2 heterocycles. The summed E-state index contributed by atoms with van der Waals surface area (Å²) in [6, 6.07) is 2.02. The summed E-state index contributed by atoms with van der Waals surface area (Å²) in [4.78, 5) is 13.8. The van der Waals surface area contributed by atoms with E-state index >= 15 is 0 Å². The van der Waals surface area contributed by atoms with Crippen LogP contribution in [0.1, 0.15) is 31.9 Å². The topological polar surface area (TPSA) is 38.1 Å². The first-order valence-corrected chi connectivity index (χ1v) is 6.61. The molecule has 0 N–H and O–H groups in total. The monoisotopic (exact) mass is 253 g/mol. The van der Waals surface area contributed by atoms with E-state index in [0.717, 1.165) is 23.8 Å². The van der Waals surface area contributed by atoms with Crippen LogP contribution in [0.15, 0.2) is 6.07 Å². The second kappa shape index (κ2) is 4.72. The average molecular weight is 253 g/mol. The third kappa shape index (κ3) is 2.34. The van der Waals surface area contributed by atoms with Crippen LogP contribution in [-0.2, 0) is 11.8 Å². The van der Waals surface area contributed by atoms with Crippen molar-refractivity contribution in [1.82, 2.24) is 9.78 Å². The molecule has 0 bridgehead atoms. The first-order chi connectivity index (χ1) is 8.02. The molecular weight excluding hydrogens is 234 g/mol. The van der Waals surface area contributed by atoms with Gasteiger partial charge in [0.15, 0.2) is 0 Å². The predicted molar refractivity (Wildman–Crippen MR) is 71.6 cm³/mol. The summed E-state index contributed by atoms with van der Waals surface area (Å²) < 4.78 is 1.80. The lowest BCUT2D eigenvalue weighted by Gasteiger charge is -2.15. The number of carbonyl (C=O) groups excluding carboxylic acids is 1. The molecule has 1 saturated heterocycles. The van der Waals surface area contributed by atoms with Gasteiger partial charge in [0, 0.05) is 26.1 Å². The normalized spacial score (nSPS) is 20.6. The van der Waals surface area contributed by atoms with Crippen molar-refractivity contribution >= 4 is 24.4 Å². The molecule has 4 nitrogen and oxygen atoms in total. The summed E-state index contributed by atoms with van der Waals surface area (Å²) in [6.07, 6.45) is 0.603. The van der Waals surface area contributed by atoms with Crippen molar-refractivity contribution in [3.63, 3.8) is 0 Å². The van der Waals surface area contributed by atoms with Crippen molar-refractivity contribution in [2.24, 2.45) is 13.0 Å². The summed E-state index contributed by atoms with van der Waals surface area (Å²) >= 11 is 4.27. The van der Waals surface area contributed by atoms with Crippen molar-refractivity contribution in [2.75, 3.05) is 17.2 Å². The largest absolute Gasteiger partial charge is 0.297 e. The lowest BCUT2D eigenvalue weighted by molar-refractivity contribution is -0.117. The molecule has 17 heavy (non-hydrogen) atoms. The first-order valence-electron chi connectivity index (χ1n) is 5.98. The van der Waals surface area contributed by atoms with Gasteiger partial charge in [0.1, 0.15) is 5.82 Å². The summed E-state index contributed by atoms with van der Waals surface area (Å²) in [6.45, 7) is 4.97. The first kappa shape index (κ1) is 12.5. The number of nitrogens with zero attached hydrogens (tertiary/aromatic N) is 3. The van der Waals surface area contributed by atoms with Crippen molar-refractivity contribution in [3.8, 4) is 0 Å². The van der Waals surface area contributed by atoms with Gasteiger partial charge in [-0.15, -0.1) is 0 Å². The Balaban J connectivity index is 2.25. The van der Waals surface area contributed by atoms with Crippen LogP contribution in [0.2, 0.25) is 0 Å². The van der Waals surface area contributed by atoms with E-state index in [1.54, 1.807) is 4.68 Å². The Kier molecular flexibility index (Phi) is 3.47. The van der Waals surface area contributed by atoms with Gasteiger partial charge in [-0.1, -0.05) is 13.8 Å². The van der Waals surface area contributed by atoms with E-state index < -0.39 is 0 Å². The average Bonchev–Trinajstić information content (AvgIpc) is 2.81. The molecule has 1 atom stereocenters. The van der Waals surface area contributed by atoms with Gasteiger partial charge < -0.3 is 0 Å². The molecule has 1 unspecified atom stereocenters. The van der Waals surface area contributed by atoms with Crippen LogP contribution in [0.5, 0.6) is 0 Å². The summed E-state index contributed by atoms with van der Waals surface area (Å²) in [5.74, 6) is 2.60. The van der Waals surface area contributed by atoms with Crippen LogP contribution in [-0.4, -0.2) is 28.0 Å². The smallest absolute Gasteiger partial charge is 0.228 e. The van der Waals surface area contributed by atoms with Crippen molar-refractivity contribution in [2.45, 2.75) is 26.2 Å². The summed E-state index contributed by atoms with van der Waals surface area (Å²) in [5, 5.41) is 4.44.